The Kier molecular flexibility index (Phi) is 5.80. The fraction of sp³-hybridized carbons (Fsp3) is 0.235. The van der Waals surface area contributed by atoms with Crippen molar-refractivity contribution in [2.75, 3.05) is 37.6 Å². The number of anilines is 2. The van der Waals surface area contributed by atoms with Gasteiger partial charge >= 0.3 is 6.03 Å². The van der Waals surface area contributed by atoms with Crippen LogP contribution in [0.3, 0.4) is 0 Å². The predicted octanol–water partition coefficient (Wildman–Crippen LogP) is 2.79. The lowest BCUT2D eigenvalue weighted by Crippen LogP contribution is -2.46. The Labute approximate surface area is 131 Å². The van der Waals surface area contributed by atoms with Crippen molar-refractivity contribution >= 4 is 17.4 Å². The third kappa shape index (κ3) is 4.23. The molecule has 0 radical (unpaired) electrons. The molecule has 0 heterocycles. The predicted molar refractivity (Wildman–Crippen MR) is 90.9 cm³/mol. The largest absolute Gasteiger partial charge is 0.343 e. The molecule has 2 amide bonds. The van der Waals surface area contributed by atoms with Gasteiger partial charge in [0, 0.05) is 20.1 Å². The first-order valence-electron chi connectivity index (χ1n) is 7.29. The van der Waals surface area contributed by atoms with E-state index in [4.69, 9.17) is 0 Å². The summed E-state index contributed by atoms with van der Waals surface area (Å²) < 4.78 is 0. The number of hydrazine groups is 1. The summed E-state index contributed by atoms with van der Waals surface area (Å²) in [5.41, 5.74) is 4.84. The molecular formula is C17H22N4O. The number of rotatable bonds is 6. The molecule has 0 aromatic heterocycles. The molecule has 0 saturated heterocycles. The highest BCUT2D eigenvalue weighted by atomic mass is 16.2. The van der Waals surface area contributed by atoms with Crippen molar-refractivity contribution < 1.29 is 4.79 Å². The lowest BCUT2D eigenvalue weighted by atomic mass is 10.3. The number of carbonyl (C=O) groups is 1. The van der Waals surface area contributed by atoms with Crippen LogP contribution in [0.25, 0.3) is 0 Å². The van der Waals surface area contributed by atoms with Gasteiger partial charge < -0.3 is 10.2 Å². The Balaban J connectivity index is 2.20. The van der Waals surface area contributed by atoms with Gasteiger partial charge in [0.25, 0.3) is 0 Å². The van der Waals surface area contributed by atoms with Gasteiger partial charge in [0.05, 0.1) is 11.4 Å². The van der Waals surface area contributed by atoms with Gasteiger partial charge in [0.15, 0.2) is 0 Å². The van der Waals surface area contributed by atoms with Crippen molar-refractivity contribution in [3.05, 3.63) is 60.7 Å². The molecule has 0 aliphatic carbocycles. The van der Waals surface area contributed by atoms with Crippen molar-refractivity contribution in [3.8, 4) is 0 Å². The Morgan fingerprint density at radius 3 is 2.18 bits per heavy atom. The van der Waals surface area contributed by atoms with Crippen molar-refractivity contribution in [3.63, 3.8) is 0 Å². The lowest BCUT2D eigenvalue weighted by Gasteiger charge is -2.29. The first kappa shape index (κ1) is 15.9. The van der Waals surface area contributed by atoms with Crippen LogP contribution in [0.5, 0.6) is 0 Å². The number of likely N-dealkylation sites (N-methyl/N-ethyl adjacent to an activating group) is 2. The first-order valence-corrected chi connectivity index (χ1v) is 7.29. The average molecular weight is 298 g/mol. The van der Waals surface area contributed by atoms with Crippen LogP contribution < -0.4 is 15.8 Å². The van der Waals surface area contributed by atoms with E-state index in [-0.39, 0.29) is 6.03 Å². The molecule has 0 fully saturated rings. The lowest BCUT2D eigenvalue weighted by molar-refractivity contribution is 0.217. The molecule has 5 nitrogen and oxygen atoms in total. The van der Waals surface area contributed by atoms with Crippen LogP contribution >= 0.6 is 0 Å². The minimum absolute atomic E-state index is 0.106. The molecule has 0 atom stereocenters. The molecule has 2 aromatic rings. The highest BCUT2D eigenvalue weighted by Gasteiger charge is 2.19. The van der Waals surface area contributed by atoms with Gasteiger partial charge in [-0.3, -0.25) is 5.43 Å². The fourth-order valence-electron chi connectivity index (χ4n) is 1.99. The van der Waals surface area contributed by atoms with Gasteiger partial charge in [0.2, 0.25) is 0 Å². The van der Waals surface area contributed by atoms with Gasteiger partial charge in [-0.2, -0.15) is 0 Å². The summed E-state index contributed by atoms with van der Waals surface area (Å²) in [5, 5.41) is 4.61. The molecular weight excluding hydrogens is 276 g/mol. The Hall–Kier alpha value is -2.53. The molecule has 0 aliphatic heterocycles. The molecule has 22 heavy (non-hydrogen) atoms. The maximum atomic E-state index is 12.7. The smallest absolute Gasteiger partial charge is 0.325 e. The van der Waals surface area contributed by atoms with Crippen LogP contribution in [0.4, 0.5) is 16.2 Å². The summed E-state index contributed by atoms with van der Waals surface area (Å²) in [6.45, 7) is 1.38. The summed E-state index contributed by atoms with van der Waals surface area (Å²) in [5.74, 6) is 0. The number of nitrogens with zero attached hydrogens (tertiary/aromatic N) is 2. The second-order valence-corrected chi connectivity index (χ2v) is 4.96. The Morgan fingerprint density at radius 1 is 1.00 bits per heavy atom. The van der Waals surface area contributed by atoms with Crippen LogP contribution in [0, 0.1) is 0 Å². The number of hydrogen-bond acceptors (Lipinski definition) is 3. The zero-order valence-corrected chi connectivity index (χ0v) is 13.0. The molecule has 2 rings (SSSR count). The minimum atomic E-state index is -0.106. The van der Waals surface area contributed by atoms with E-state index in [0.29, 0.717) is 6.54 Å². The number of urea groups is 1. The summed E-state index contributed by atoms with van der Waals surface area (Å²) >= 11 is 0. The number of amides is 2. The molecule has 0 aliphatic rings. The van der Waals surface area contributed by atoms with E-state index in [1.54, 1.807) is 17.0 Å². The number of para-hydroxylation sites is 2. The van der Waals surface area contributed by atoms with Crippen LogP contribution in [-0.4, -0.2) is 38.1 Å². The third-order valence-corrected chi connectivity index (χ3v) is 3.24. The van der Waals surface area contributed by atoms with Gasteiger partial charge in [0.1, 0.15) is 0 Å². The van der Waals surface area contributed by atoms with E-state index in [2.05, 4.69) is 10.7 Å². The normalized spacial score (nSPS) is 10.1. The quantitative estimate of drug-likeness (QED) is 0.806. The van der Waals surface area contributed by atoms with Crippen LogP contribution in [-0.2, 0) is 0 Å². The minimum Gasteiger partial charge on any atom is -0.325 e. The highest BCUT2D eigenvalue weighted by molar-refractivity contribution is 5.93. The van der Waals surface area contributed by atoms with E-state index >= 15 is 0 Å². The van der Waals surface area contributed by atoms with Crippen LogP contribution in [0.1, 0.15) is 0 Å². The molecule has 5 heteroatoms. The maximum Gasteiger partial charge on any atom is 0.343 e. The van der Waals surface area contributed by atoms with Gasteiger partial charge in [-0.15, -0.1) is 0 Å². The average Bonchev–Trinajstić information content (AvgIpc) is 2.58. The number of carbonyl (C=O) groups excluding carboxylic acids is 1. The molecule has 2 aromatic carbocycles. The SMILES string of the molecule is CNCCN(C)C(=O)N(Nc1ccccc1)c1ccccc1. The Morgan fingerprint density at radius 2 is 1.59 bits per heavy atom. The molecule has 0 saturated carbocycles. The van der Waals surface area contributed by atoms with E-state index < -0.39 is 0 Å². The monoisotopic (exact) mass is 298 g/mol. The fourth-order valence-corrected chi connectivity index (χ4v) is 1.99. The number of nitrogens with one attached hydrogen (secondary N) is 2. The van der Waals surface area contributed by atoms with Crippen molar-refractivity contribution in [2.45, 2.75) is 0 Å². The summed E-state index contributed by atoms with van der Waals surface area (Å²) in [7, 11) is 3.66. The second kappa shape index (κ2) is 8.05. The molecule has 2 N–H and O–H groups in total. The van der Waals surface area contributed by atoms with Crippen LogP contribution in [0.2, 0.25) is 0 Å². The second-order valence-electron chi connectivity index (χ2n) is 4.96. The number of benzene rings is 2. The highest BCUT2D eigenvalue weighted by Crippen LogP contribution is 2.17. The third-order valence-electron chi connectivity index (χ3n) is 3.24. The topological polar surface area (TPSA) is 47.6 Å². The van der Waals surface area contributed by atoms with Crippen molar-refractivity contribution in [1.82, 2.24) is 10.2 Å². The Bertz CT molecular complexity index is 574. The van der Waals surface area contributed by atoms with Gasteiger partial charge in [-0.1, -0.05) is 36.4 Å². The van der Waals surface area contributed by atoms with Crippen molar-refractivity contribution in [1.29, 1.82) is 0 Å². The van der Waals surface area contributed by atoms with Crippen molar-refractivity contribution in [2.24, 2.45) is 0 Å². The maximum absolute atomic E-state index is 12.7. The zero-order chi connectivity index (χ0) is 15.8. The molecule has 116 valence electrons. The summed E-state index contributed by atoms with van der Waals surface area (Å²) in [6, 6.07) is 19.1. The zero-order valence-electron chi connectivity index (χ0n) is 13.0. The standard InChI is InChI=1S/C17H22N4O/c1-18-13-14-20(2)17(22)21(16-11-7-4-8-12-16)19-15-9-5-3-6-10-15/h3-12,18-19H,13-14H2,1-2H3. The first-order chi connectivity index (χ1) is 10.7. The molecule has 0 bridgehead atoms. The summed E-state index contributed by atoms with van der Waals surface area (Å²) in [6.07, 6.45) is 0. The van der Waals surface area contributed by atoms with E-state index in [1.165, 1.54) is 0 Å². The van der Waals surface area contributed by atoms with E-state index in [1.807, 2.05) is 67.7 Å². The molecule has 0 unspecified atom stereocenters. The van der Waals surface area contributed by atoms with Gasteiger partial charge in [-0.05, 0) is 31.3 Å². The molecule has 0 spiro atoms. The summed E-state index contributed by atoms with van der Waals surface area (Å²) in [4.78, 5) is 14.4. The number of hydrogen-bond donors (Lipinski definition) is 2. The van der Waals surface area contributed by atoms with E-state index in [0.717, 1.165) is 17.9 Å². The van der Waals surface area contributed by atoms with Crippen LogP contribution in [0.15, 0.2) is 60.7 Å². The van der Waals surface area contributed by atoms with Gasteiger partial charge in [-0.25, -0.2) is 9.80 Å². The van der Waals surface area contributed by atoms with E-state index in [9.17, 15) is 4.79 Å².